The molecule has 134 valence electrons. The van der Waals surface area contributed by atoms with Crippen molar-refractivity contribution in [1.29, 1.82) is 0 Å². The van der Waals surface area contributed by atoms with Gasteiger partial charge in [0.25, 0.3) is 0 Å². The van der Waals surface area contributed by atoms with E-state index in [0.29, 0.717) is 18.1 Å². The number of aryl methyl sites for hydroxylation is 1. The number of thiophene rings is 1. The fourth-order valence-corrected chi connectivity index (χ4v) is 3.94. The molecule has 0 saturated carbocycles. The topological polar surface area (TPSA) is 35.9 Å². The Morgan fingerprint density at radius 2 is 2.00 bits per heavy atom. The molecule has 2 aromatic rings. The van der Waals surface area contributed by atoms with Crippen LogP contribution < -0.4 is 4.90 Å². The van der Waals surface area contributed by atoms with Crippen LogP contribution in [0.1, 0.15) is 22.9 Å². The summed E-state index contributed by atoms with van der Waals surface area (Å²) < 4.78 is 0. The van der Waals surface area contributed by atoms with Crippen molar-refractivity contribution in [2.75, 3.05) is 32.1 Å². The van der Waals surface area contributed by atoms with Gasteiger partial charge in [0, 0.05) is 41.7 Å². The van der Waals surface area contributed by atoms with Gasteiger partial charge in [0.2, 0.25) is 0 Å². The van der Waals surface area contributed by atoms with E-state index in [1.165, 1.54) is 4.88 Å². The highest BCUT2D eigenvalue weighted by molar-refractivity contribution is 7.16. The van der Waals surface area contributed by atoms with Gasteiger partial charge in [0.15, 0.2) is 0 Å². The van der Waals surface area contributed by atoms with Crippen LogP contribution in [0.3, 0.4) is 0 Å². The molecule has 7 heteroatoms. The van der Waals surface area contributed by atoms with Crippen LogP contribution in [-0.2, 0) is 6.42 Å². The highest BCUT2D eigenvalue weighted by Gasteiger charge is 2.27. The average molecular weight is 398 g/mol. The van der Waals surface area contributed by atoms with E-state index in [9.17, 15) is 4.79 Å². The molecule has 1 aliphatic rings. The molecule has 1 aromatic heterocycles. The Hall–Kier alpha value is -1.56. The highest BCUT2D eigenvalue weighted by atomic mass is 35.5. The molecular formula is C18H21Cl2N3OS. The molecule has 0 N–H and O–H groups in total. The summed E-state index contributed by atoms with van der Waals surface area (Å²) in [5.74, 6) is 0. The number of hydrogen-bond acceptors (Lipinski definition) is 3. The molecule has 1 aromatic carbocycles. The van der Waals surface area contributed by atoms with E-state index in [4.69, 9.17) is 16.6 Å². The van der Waals surface area contributed by atoms with Crippen LogP contribution in [0.4, 0.5) is 9.80 Å². The molecule has 2 heterocycles. The van der Waals surface area contributed by atoms with Gasteiger partial charge in [-0.3, -0.25) is 9.89 Å². The number of hydrogen-bond donors (Lipinski definition) is 0. The van der Waals surface area contributed by atoms with Gasteiger partial charge < -0.3 is 4.90 Å². The largest absolute Gasteiger partial charge is 0.330 e. The number of benzene rings is 1. The normalized spacial score (nSPS) is 13.4. The number of urea groups is 1. The van der Waals surface area contributed by atoms with Crippen molar-refractivity contribution in [3.63, 3.8) is 0 Å². The average Bonchev–Trinajstić information content (AvgIpc) is 2.91. The van der Waals surface area contributed by atoms with Crippen LogP contribution in [0.25, 0.3) is 0 Å². The van der Waals surface area contributed by atoms with E-state index in [1.54, 1.807) is 30.3 Å². The third-order valence-electron chi connectivity index (χ3n) is 3.94. The molecule has 0 bridgehead atoms. The highest BCUT2D eigenvalue weighted by Crippen LogP contribution is 2.36. The SMILES string of the molecule is CCc1cc2c(s1)N(C(=O)N(C)C)CCN=C2c1ccc(Cl)cc1.Cl. The van der Waals surface area contributed by atoms with Crippen LogP contribution >= 0.6 is 35.3 Å². The maximum atomic E-state index is 12.6. The third-order valence-corrected chi connectivity index (χ3v) is 5.49. The lowest BCUT2D eigenvalue weighted by molar-refractivity contribution is 0.224. The van der Waals surface area contributed by atoms with Gasteiger partial charge in [-0.15, -0.1) is 23.7 Å². The summed E-state index contributed by atoms with van der Waals surface area (Å²) >= 11 is 7.69. The van der Waals surface area contributed by atoms with E-state index in [0.717, 1.165) is 28.3 Å². The number of carbonyl (C=O) groups excluding carboxylic acids is 1. The number of fused-ring (bicyclic) bond motifs is 1. The van der Waals surface area contributed by atoms with Gasteiger partial charge in [-0.25, -0.2) is 4.79 Å². The lowest BCUT2D eigenvalue weighted by Crippen LogP contribution is -2.40. The molecule has 2 amide bonds. The minimum Gasteiger partial charge on any atom is -0.330 e. The van der Waals surface area contributed by atoms with Gasteiger partial charge in [0.1, 0.15) is 5.00 Å². The van der Waals surface area contributed by atoms with E-state index in [2.05, 4.69) is 13.0 Å². The maximum absolute atomic E-state index is 12.6. The smallest absolute Gasteiger partial charge is 0.324 e. The van der Waals surface area contributed by atoms with Crippen molar-refractivity contribution >= 4 is 52.1 Å². The Morgan fingerprint density at radius 3 is 2.60 bits per heavy atom. The monoisotopic (exact) mass is 397 g/mol. The van der Waals surface area contributed by atoms with Crippen molar-refractivity contribution in [3.8, 4) is 0 Å². The molecule has 0 saturated heterocycles. The van der Waals surface area contributed by atoms with Gasteiger partial charge in [-0.05, 0) is 24.6 Å². The standard InChI is InChI=1S/C18H20ClN3OS.ClH/c1-4-14-11-15-16(12-5-7-13(19)8-6-12)20-9-10-22(17(15)24-14)18(23)21(2)3;/h5-8,11H,4,9-10H2,1-3H3;1H. The van der Waals surface area contributed by atoms with Gasteiger partial charge in [-0.2, -0.15) is 0 Å². The molecular weight excluding hydrogens is 377 g/mol. The summed E-state index contributed by atoms with van der Waals surface area (Å²) in [5.41, 5.74) is 3.00. The number of aliphatic imine (C=N–C) groups is 1. The zero-order valence-electron chi connectivity index (χ0n) is 14.5. The number of nitrogens with zero attached hydrogens (tertiary/aromatic N) is 3. The zero-order valence-corrected chi connectivity index (χ0v) is 16.8. The zero-order chi connectivity index (χ0) is 17.3. The molecule has 0 spiro atoms. The molecule has 1 aliphatic heterocycles. The summed E-state index contributed by atoms with van der Waals surface area (Å²) in [7, 11) is 3.56. The molecule has 25 heavy (non-hydrogen) atoms. The third kappa shape index (κ3) is 4.00. The second kappa shape index (κ2) is 8.21. The van der Waals surface area contributed by atoms with Crippen molar-refractivity contribution in [2.45, 2.75) is 13.3 Å². The van der Waals surface area contributed by atoms with E-state index in [1.807, 2.05) is 29.2 Å². The van der Waals surface area contributed by atoms with Crippen LogP contribution in [0.5, 0.6) is 0 Å². The van der Waals surface area contributed by atoms with Gasteiger partial charge in [-0.1, -0.05) is 30.7 Å². The summed E-state index contributed by atoms with van der Waals surface area (Å²) in [5, 5.41) is 1.69. The van der Waals surface area contributed by atoms with E-state index in [-0.39, 0.29) is 18.4 Å². The van der Waals surface area contributed by atoms with Gasteiger partial charge >= 0.3 is 6.03 Å². The van der Waals surface area contributed by atoms with Crippen LogP contribution in [0.15, 0.2) is 35.3 Å². The lowest BCUT2D eigenvalue weighted by atomic mass is 10.0. The van der Waals surface area contributed by atoms with Crippen molar-refractivity contribution in [2.24, 2.45) is 4.99 Å². The Morgan fingerprint density at radius 1 is 1.32 bits per heavy atom. The Kier molecular flexibility index (Phi) is 6.49. The second-order valence-corrected chi connectivity index (χ2v) is 7.40. The first-order valence-electron chi connectivity index (χ1n) is 7.93. The molecule has 0 unspecified atom stereocenters. The lowest BCUT2D eigenvalue weighted by Gasteiger charge is -2.24. The van der Waals surface area contributed by atoms with Crippen LogP contribution in [0.2, 0.25) is 5.02 Å². The number of rotatable bonds is 2. The molecule has 0 atom stereocenters. The van der Waals surface area contributed by atoms with Crippen molar-refractivity contribution in [3.05, 3.63) is 51.4 Å². The summed E-state index contributed by atoms with van der Waals surface area (Å²) in [4.78, 5) is 22.1. The van der Waals surface area contributed by atoms with Gasteiger partial charge in [0.05, 0.1) is 12.3 Å². The first kappa shape index (κ1) is 19.8. The Bertz CT molecular complexity index is 784. The van der Waals surface area contributed by atoms with Crippen LogP contribution in [-0.4, -0.2) is 43.8 Å². The van der Waals surface area contributed by atoms with Crippen LogP contribution in [0, 0.1) is 0 Å². The predicted octanol–water partition coefficient (Wildman–Crippen LogP) is 4.72. The van der Waals surface area contributed by atoms with Crippen molar-refractivity contribution < 1.29 is 4.79 Å². The molecule has 0 fully saturated rings. The molecule has 0 aliphatic carbocycles. The fourth-order valence-electron chi connectivity index (χ4n) is 2.70. The summed E-state index contributed by atoms with van der Waals surface area (Å²) in [6, 6.07) is 9.87. The number of anilines is 1. The predicted molar refractivity (Wildman–Crippen MR) is 109 cm³/mol. The minimum absolute atomic E-state index is 0. The summed E-state index contributed by atoms with van der Waals surface area (Å²) in [6.07, 6.45) is 0.940. The minimum atomic E-state index is -0.00620. The summed E-state index contributed by atoms with van der Waals surface area (Å²) in [6.45, 7) is 3.30. The molecule has 4 nitrogen and oxygen atoms in total. The fraction of sp³-hybridized carbons (Fsp3) is 0.333. The maximum Gasteiger partial charge on any atom is 0.324 e. The number of carbonyl (C=O) groups is 1. The first-order valence-corrected chi connectivity index (χ1v) is 9.13. The number of halogens is 2. The van der Waals surface area contributed by atoms with E-state index >= 15 is 0 Å². The second-order valence-electron chi connectivity index (χ2n) is 5.85. The first-order chi connectivity index (χ1) is 11.5. The quantitative estimate of drug-likeness (QED) is 0.721. The number of amides is 2. The molecule has 0 radical (unpaired) electrons. The van der Waals surface area contributed by atoms with E-state index < -0.39 is 0 Å². The van der Waals surface area contributed by atoms with Crippen molar-refractivity contribution in [1.82, 2.24) is 4.90 Å². The molecule has 3 rings (SSSR count). The Balaban J connectivity index is 0.00000225. The Labute approximate surface area is 163 Å².